The normalized spacial score (nSPS) is 14.7. The van der Waals surface area contributed by atoms with Gasteiger partial charge < -0.3 is 11.1 Å². The van der Waals surface area contributed by atoms with Crippen molar-refractivity contribution in [2.45, 2.75) is 25.8 Å². The van der Waals surface area contributed by atoms with Crippen molar-refractivity contribution in [2.75, 3.05) is 18.8 Å². The smallest absolute Gasteiger partial charge is 0.260 e. The average Bonchev–Trinajstić information content (AvgIpc) is 2.79. The van der Waals surface area contributed by atoms with Crippen LogP contribution in [0.1, 0.15) is 24.6 Å². The van der Waals surface area contributed by atoms with Crippen molar-refractivity contribution >= 4 is 28.6 Å². The van der Waals surface area contributed by atoms with Gasteiger partial charge in [-0.05, 0) is 45.0 Å². The summed E-state index contributed by atoms with van der Waals surface area (Å²) in [5.41, 5.74) is 9.82. The van der Waals surface area contributed by atoms with Gasteiger partial charge in [0.15, 0.2) is 0 Å². The Kier molecular flexibility index (Phi) is 5.32. The molecule has 32 heavy (non-hydrogen) atoms. The molecule has 0 spiro atoms. The van der Waals surface area contributed by atoms with Crippen LogP contribution in [0.4, 0.5) is 5.95 Å². The second-order valence-electron chi connectivity index (χ2n) is 7.96. The molecule has 4 aromatic rings. The van der Waals surface area contributed by atoms with Crippen LogP contribution in [0.3, 0.4) is 0 Å². The molecule has 0 saturated carbocycles. The first-order valence-corrected chi connectivity index (χ1v) is 10.9. The molecule has 0 atom stereocenters. The molecule has 9 heteroatoms. The van der Waals surface area contributed by atoms with E-state index in [1.54, 1.807) is 29.2 Å². The zero-order valence-electron chi connectivity index (χ0n) is 17.5. The summed E-state index contributed by atoms with van der Waals surface area (Å²) in [6.45, 7) is 3.58. The lowest BCUT2D eigenvalue weighted by Crippen LogP contribution is -2.35. The zero-order chi connectivity index (χ0) is 22.2. The Labute approximate surface area is 189 Å². The second-order valence-corrected chi connectivity index (χ2v) is 8.37. The van der Waals surface area contributed by atoms with Crippen LogP contribution >= 0.6 is 11.6 Å². The quantitative estimate of drug-likeness (QED) is 0.495. The topological polar surface area (TPSA) is 112 Å². The summed E-state index contributed by atoms with van der Waals surface area (Å²) in [6.07, 6.45) is 6.72. The van der Waals surface area contributed by atoms with Gasteiger partial charge in [-0.3, -0.25) is 14.3 Å². The lowest BCUT2D eigenvalue weighted by molar-refractivity contribution is 0.368. The van der Waals surface area contributed by atoms with E-state index in [1.165, 1.54) is 0 Å². The summed E-state index contributed by atoms with van der Waals surface area (Å²) in [5.74, 6) is 0.147. The molecule has 1 aromatic carbocycles. The molecule has 1 aliphatic rings. The zero-order valence-corrected chi connectivity index (χ0v) is 18.3. The van der Waals surface area contributed by atoms with Crippen molar-refractivity contribution in [3.05, 3.63) is 63.9 Å². The lowest BCUT2D eigenvalue weighted by atomic mass is 10.0. The van der Waals surface area contributed by atoms with E-state index in [-0.39, 0.29) is 17.5 Å². The monoisotopic (exact) mass is 447 g/mol. The van der Waals surface area contributed by atoms with Gasteiger partial charge in [-0.1, -0.05) is 23.7 Å². The molecule has 1 saturated heterocycles. The Balaban J connectivity index is 1.68. The summed E-state index contributed by atoms with van der Waals surface area (Å²) < 4.78 is 1.76. The number of nitrogens with zero attached hydrogens (tertiary/aromatic N) is 5. The standard InChI is InChI=1S/C23H22ClN7O/c1-13-10-27-12-20(29-13)14-2-3-17(19(24)9-14)18-8-15-11-28-23(25)30-21(15)31(22(18)32)16-4-6-26-7-5-16/h2-3,8-12,16,26H,4-7H2,1H3,(H2,25,28,30). The SMILES string of the molecule is Cc1cncc(-c2ccc(-c3cc4cnc(N)nc4n(C4CCNCC4)c3=O)c(Cl)c2)n1. The number of halogens is 1. The van der Waals surface area contributed by atoms with Crippen LogP contribution in [0.15, 0.2) is 47.7 Å². The first-order valence-electron chi connectivity index (χ1n) is 10.5. The van der Waals surface area contributed by atoms with Gasteiger partial charge in [-0.15, -0.1) is 0 Å². The highest BCUT2D eigenvalue weighted by Crippen LogP contribution is 2.32. The van der Waals surface area contributed by atoms with Crippen LogP contribution in [0.2, 0.25) is 5.02 Å². The second kappa shape index (κ2) is 8.29. The maximum Gasteiger partial charge on any atom is 0.260 e. The molecule has 8 nitrogen and oxygen atoms in total. The predicted molar refractivity (Wildman–Crippen MR) is 126 cm³/mol. The minimum absolute atomic E-state index is 0.0288. The highest BCUT2D eigenvalue weighted by Gasteiger charge is 2.22. The highest BCUT2D eigenvalue weighted by molar-refractivity contribution is 6.33. The van der Waals surface area contributed by atoms with Crippen LogP contribution in [-0.4, -0.2) is 37.6 Å². The van der Waals surface area contributed by atoms with Crippen molar-refractivity contribution < 1.29 is 0 Å². The van der Waals surface area contributed by atoms with Crippen molar-refractivity contribution in [3.8, 4) is 22.4 Å². The number of fused-ring (bicyclic) bond motifs is 1. The largest absolute Gasteiger partial charge is 0.368 e. The van der Waals surface area contributed by atoms with Gasteiger partial charge in [-0.25, -0.2) is 9.97 Å². The Hall–Kier alpha value is -3.36. The third kappa shape index (κ3) is 3.72. The molecular weight excluding hydrogens is 426 g/mol. The Morgan fingerprint density at radius 1 is 1.09 bits per heavy atom. The van der Waals surface area contributed by atoms with Gasteiger partial charge >= 0.3 is 0 Å². The fourth-order valence-corrected chi connectivity index (χ4v) is 4.51. The molecule has 0 aliphatic carbocycles. The first-order chi connectivity index (χ1) is 15.5. The van der Waals surface area contributed by atoms with Crippen molar-refractivity contribution in [3.63, 3.8) is 0 Å². The van der Waals surface area contributed by atoms with E-state index in [0.29, 0.717) is 21.8 Å². The number of hydrogen-bond donors (Lipinski definition) is 2. The number of rotatable bonds is 3. The first kappa shape index (κ1) is 20.5. The number of aromatic nitrogens is 5. The van der Waals surface area contributed by atoms with E-state index in [4.69, 9.17) is 17.3 Å². The molecule has 5 rings (SSSR count). The van der Waals surface area contributed by atoms with Crippen LogP contribution in [-0.2, 0) is 0 Å². The summed E-state index contributed by atoms with van der Waals surface area (Å²) in [6, 6.07) is 7.40. The number of aryl methyl sites for hydroxylation is 1. The maximum absolute atomic E-state index is 13.7. The van der Waals surface area contributed by atoms with Gasteiger partial charge in [0.25, 0.3) is 5.56 Å². The molecular formula is C23H22ClN7O. The van der Waals surface area contributed by atoms with E-state index >= 15 is 0 Å². The molecule has 4 heterocycles. The highest BCUT2D eigenvalue weighted by atomic mass is 35.5. The fraction of sp³-hybridized carbons (Fsp3) is 0.261. The molecule has 0 bridgehead atoms. The number of hydrogen-bond acceptors (Lipinski definition) is 7. The van der Waals surface area contributed by atoms with E-state index in [9.17, 15) is 4.79 Å². The number of nitrogens with one attached hydrogen (secondary N) is 1. The van der Waals surface area contributed by atoms with Gasteiger partial charge in [-0.2, -0.15) is 4.98 Å². The number of pyridine rings is 1. The number of piperidine rings is 1. The number of benzene rings is 1. The summed E-state index contributed by atoms with van der Waals surface area (Å²) >= 11 is 6.68. The third-order valence-electron chi connectivity index (χ3n) is 5.78. The molecule has 0 amide bonds. The average molecular weight is 448 g/mol. The molecule has 3 N–H and O–H groups in total. The fourth-order valence-electron chi connectivity index (χ4n) is 4.23. The van der Waals surface area contributed by atoms with E-state index in [1.807, 2.05) is 25.1 Å². The van der Waals surface area contributed by atoms with E-state index in [2.05, 4.69) is 25.3 Å². The number of nitrogens with two attached hydrogens (primary N) is 1. The van der Waals surface area contributed by atoms with E-state index in [0.717, 1.165) is 48.3 Å². The number of anilines is 1. The van der Waals surface area contributed by atoms with Gasteiger partial charge in [0.2, 0.25) is 5.95 Å². The predicted octanol–water partition coefficient (Wildman–Crippen LogP) is 3.38. The maximum atomic E-state index is 13.7. The van der Waals surface area contributed by atoms with Crippen LogP contribution in [0.5, 0.6) is 0 Å². The number of nitrogen functional groups attached to an aromatic ring is 1. The Morgan fingerprint density at radius 3 is 2.66 bits per heavy atom. The van der Waals surface area contributed by atoms with Crippen LogP contribution in [0.25, 0.3) is 33.4 Å². The summed E-state index contributed by atoms with van der Waals surface area (Å²) in [4.78, 5) is 30.9. The molecule has 3 aromatic heterocycles. The molecule has 0 unspecified atom stereocenters. The van der Waals surface area contributed by atoms with Gasteiger partial charge in [0.05, 0.1) is 17.6 Å². The van der Waals surface area contributed by atoms with Crippen molar-refractivity contribution in [1.82, 2.24) is 29.8 Å². The molecule has 1 fully saturated rings. The van der Waals surface area contributed by atoms with Crippen molar-refractivity contribution in [1.29, 1.82) is 0 Å². The van der Waals surface area contributed by atoms with Crippen LogP contribution in [0, 0.1) is 6.92 Å². The van der Waals surface area contributed by atoms with Gasteiger partial charge in [0, 0.05) is 45.5 Å². The third-order valence-corrected chi connectivity index (χ3v) is 6.09. The lowest BCUT2D eigenvalue weighted by Gasteiger charge is -2.26. The molecule has 1 aliphatic heterocycles. The van der Waals surface area contributed by atoms with Gasteiger partial charge in [0.1, 0.15) is 5.65 Å². The summed E-state index contributed by atoms with van der Waals surface area (Å²) in [7, 11) is 0. The molecule has 0 radical (unpaired) electrons. The Morgan fingerprint density at radius 2 is 1.91 bits per heavy atom. The minimum atomic E-state index is -0.132. The minimum Gasteiger partial charge on any atom is -0.368 e. The summed E-state index contributed by atoms with van der Waals surface area (Å²) in [5, 5.41) is 4.55. The van der Waals surface area contributed by atoms with Crippen molar-refractivity contribution in [2.24, 2.45) is 0 Å². The Bertz CT molecular complexity index is 1380. The van der Waals surface area contributed by atoms with E-state index < -0.39 is 0 Å². The van der Waals surface area contributed by atoms with Crippen LogP contribution < -0.4 is 16.6 Å². The molecule has 162 valence electrons.